The maximum absolute atomic E-state index is 12.6. The van der Waals surface area contributed by atoms with Gasteiger partial charge >= 0.3 is 5.97 Å². The Morgan fingerprint density at radius 2 is 2.03 bits per heavy atom. The molecule has 1 fully saturated rings. The molecule has 0 aliphatic heterocycles. The van der Waals surface area contributed by atoms with Crippen LogP contribution in [0.5, 0.6) is 0 Å². The highest BCUT2D eigenvalue weighted by atomic mass is 16.4. The number of fused-ring (bicyclic) bond motifs is 1. The molecule has 0 unspecified atom stereocenters. The summed E-state index contributed by atoms with van der Waals surface area (Å²) < 4.78 is 1.90. The number of carbonyl (C=O) groups excluding carboxylic acids is 1. The number of aliphatic carboxylic acids is 1. The molecule has 0 radical (unpaired) electrons. The Labute approximate surface area is 169 Å². The van der Waals surface area contributed by atoms with E-state index >= 15 is 0 Å². The molecule has 0 bridgehead atoms. The van der Waals surface area contributed by atoms with Crippen LogP contribution in [-0.4, -0.2) is 43.0 Å². The van der Waals surface area contributed by atoms with Crippen molar-refractivity contribution in [2.75, 3.05) is 6.54 Å². The number of pyridine rings is 2. The second kappa shape index (κ2) is 7.66. The molecule has 29 heavy (non-hydrogen) atoms. The SMILES string of the molecule is CCN(Cc1ccncc1-n1cc(CC(=O)O)c2ccc(C)nc21)C(=O)C1CC1. The predicted octanol–water partition coefficient (Wildman–Crippen LogP) is 3.11. The van der Waals surface area contributed by atoms with Crippen LogP contribution in [0.1, 0.15) is 36.6 Å². The van der Waals surface area contributed by atoms with Gasteiger partial charge in [0, 0.05) is 42.5 Å². The average Bonchev–Trinajstić information content (AvgIpc) is 3.49. The van der Waals surface area contributed by atoms with E-state index < -0.39 is 5.97 Å². The maximum atomic E-state index is 12.6. The number of aromatic nitrogens is 3. The van der Waals surface area contributed by atoms with Crippen LogP contribution in [0.3, 0.4) is 0 Å². The van der Waals surface area contributed by atoms with Gasteiger partial charge in [0.2, 0.25) is 5.91 Å². The molecule has 7 heteroatoms. The number of amides is 1. The summed E-state index contributed by atoms with van der Waals surface area (Å²) in [6, 6.07) is 5.71. The van der Waals surface area contributed by atoms with E-state index in [1.807, 2.05) is 47.7 Å². The van der Waals surface area contributed by atoms with Gasteiger partial charge in [-0.1, -0.05) is 0 Å². The van der Waals surface area contributed by atoms with Gasteiger partial charge in [-0.3, -0.25) is 19.1 Å². The topological polar surface area (TPSA) is 88.3 Å². The monoisotopic (exact) mass is 392 g/mol. The third kappa shape index (κ3) is 3.85. The fraction of sp³-hybridized carbons (Fsp3) is 0.364. The maximum Gasteiger partial charge on any atom is 0.307 e. The van der Waals surface area contributed by atoms with Crippen molar-refractivity contribution >= 4 is 22.9 Å². The summed E-state index contributed by atoms with van der Waals surface area (Å²) in [5.74, 6) is -0.518. The van der Waals surface area contributed by atoms with Crippen LogP contribution in [0.4, 0.5) is 0 Å². The lowest BCUT2D eigenvalue weighted by Gasteiger charge is -2.22. The fourth-order valence-electron chi connectivity index (χ4n) is 3.66. The van der Waals surface area contributed by atoms with Crippen molar-refractivity contribution in [3.05, 3.63) is 53.6 Å². The van der Waals surface area contributed by atoms with Gasteiger partial charge in [0.05, 0.1) is 18.3 Å². The van der Waals surface area contributed by atoms with Crippen molar-refractivity contribution in [3.8, 4) is 5.69 Å². The molecule has 7 nitrogen and oxygen atoms in total. The van der Waals surface area contributed by atoms with E-state index in [1.54, 1.807) is 12.4 Å². The lowest BCUT2D eigenvalue weighted by atomic mass is 10.1. The largest absolute Gasteiger partial charge is 0.481 e. The Morgan fingerprint density at radius 1 is 1.24 bits per heavy atom. The van der Waals surface area contributed by atoms with Gasteiger partial charge < -0.3 is 10.0 Å². The summed E-state index contributed by atoms with van der Waals surface area (Å²) >= 11 is 0. The molecule has 1 amide bonds. The van der Waals surface area contributed by atoms with Crippen molar-refractivity contribution in [3.63, 3.8) is 0 Å². The molecule has 0 aromatic carbocycles. The zero-order valence-corrected chi connectivity index (χ0v) is 16.6. The molecule has 0 atom stereocenters. The Balaban J connectivity index is 1.79. The third-order valence-corrected chi connectivity index (χ3v) is 5.34. The van der Waals surface area contributed by atoms with E-state index in [0.29, 0.717) is 24.3 Å². The zero-order chi connectivity index (χ0) is 20.5. The summed E-state index contributed by atoms with van der Waals surface area (Å²) in [6.07, 6.45) is 7.16. The van der Waals surface area contributed by atoms with Crippen LogP contribution >= 0.6 is 0 Å². The number of aryl methyl sites for hydroxylation is 1. The summed E-state index contributed by atoms with van der Waals surface area (Å²) in [4.78, 5) is 34.7. The highest BCUT2D eigenvalue weighted by Crippen LogP contribution is 2.32. The van der Waals surface area contributed by atoms with E-state index in [-0.39, 0.29) is 18.2 Å². The molecule has 0 saturated heterocycles. The molecular formula is C22H24N4O3. The van der Waals surface area contributed by atoms with Crippen molar-refractivity contribution in [1.82, 2.24) is 19.4 Å². The molecule has 3 heterocycles. The number of rotatable bonds is 7. The Kier molecular flexibility index (Phi) is 5.05. The number of carbonyl (C=O) groups is 2. The quantitative estimate of drug-likeness (QED) is 0.667. The molecule has 0 spiro atoms. The van der Waals surface area contributed by atoms with E-state index in [9.17, 15) is 14.7 Å². The molecular weight excluding hydrogens is 368 g/mol. The Morgan fingerprint density at radius 3 is 2.72 bits per heavy atom. The Bertz CT molecular complexity index is 1080. The van der Waals surface area contributed by atoms with Crippen molar-refractivity contribution < 1.29 is 14.7 Å². The smallest absolute Gasteiger partial charge is 0.307 e. The third-order valence-electron chi connectivity index (χ3n) is 5.34. The second-order valence-electron chi connectivity index (χ2n) is 7.55. The fourth-order valence-corrected chi connectivity index (χ4v) is 3.66. The van der Waals surface area contributed by atoms with Gasteiger partial charge in [-0.15, -0.1) is 0 Å². The van der Waals surface area contributed by atoms with Gasteiger partial charge in [0.1, 0.15) is 5.65 Å². The minimum Gasteiger partial charge on any atom is -0.481 e. The second-order valence-corrected chi connectivity index (χ2v) is 7.55. The van der Waals surface area contributed by atoms with Crippen LogP contribution in [-0.2, 0) is 22.6 Å². The van der Waals surface area contributed by atoms with E-state index in [2.05, 4.69) is 9.97 Å². The van der Waals surface area contributed by atoms with Crippen molar-refractivity contribution in [2.45, 2.75) is 39.7 Å². The first kappa shape index (κ1) is 19.1. The number of hydrogen-bond acceptors (Lipinski definition) is 4. The van der Waals surface area contributed by atoms with E-state index in [4.69, 9.17) is 0 Å². The average molecular weight is 392 g/mol. The van der Waals surface area contributed by atoms with Crippen LogP contribution in [0.2, 0.25) is 0 Å². The molecule has 1 aliphatic rings. The minimum absolute atomic E-state index is 0.0783. The highest BCUT2D eigenvalue weighted by molar-refractivity contribution is 5.86. The minimum atomic E-state index is -0.886. The molecule has 150 valence electrons. The van der Waals surface area contributed by atoms with Gasteiger partial charge in [-0.2, -0.15) is 0 Å². The normalized spacial score (nSPS) is 13.6. The lowest BCUT2D eigenvalue weighted by Crippen LogP contribution is -2.31. The molecule has 1 N–H and O–H groups in total. The highest BCUT2D eigenvalue weighted by Gasteiger charge is 2.33. The van der Waals surface area contributed by atoms with Crippen LogP contribution in [0, 0.1) is 12.8 Å². The van der Waals surface area contributed by atoms with E-state index in [0.717, 1.165) is 35.2 Å². The predicted molar refractivity (Wildman–Crippen MR) is 109 cm³/mol. The standard InChI is InChI=1S/C22H24N4O3/c1-3-25(22(29)15-5-6-15)12-16-8-9-23-11-19(16)26-13-17(10-20(27)28)18-7-4-14(2)24-21(18)26/h4,7-9,11,13,15H,3,5-6,10,12H2,1-2H3,(H,27,28). The summed E-state index contributed by atoms with van der Waals surface area (Å²) in [7, 11) is 0. The number of hydrogen-bond donors (Lipinski definition) is 1. The molecule has 1 aliphatic carbocycles. The van der Waals surface area contributed by atoms with Gasteiger partial charge in [0.15, 0.2) is 0 Å². The van der Waals surface area contributed by atoms with Crippen LogP contribution in [0.25, 0.3) is 16.7 Å². The van der Waals surface area contributed by atoms with Crippen molar-refractivity contribution in [2.24, 2.45) is 5.92 Å². The van der Waals surface area contributed by atoms with Gasteiger partial charge in [-0.25, -0.2) is 4.98 Å². The van der Waals surface area contributed by atoms with Gasteiger partial charge in [0.25, 0.3) is 0 Å². The molecule has 4 rings (SSSR count). The van der Waals surface area contributed by atoms with Gasteiger partial charge in [-0.05, 0) is 56.0 Å². The lowest BCUT2D eigenvalue weighted by molar-refractivity contribution is -0.136. The summed E-state index contributed by atoms with van der Waals surface area (Å²) in [5, 5.41) is 10.1. The zero-order valence-electron chi connectivity index (χ0n) is 16.6. The first-order valence-corrected chi connectivity index (χ1v) is 9.89. The molecule has 3 aromatic heterocycles. The molecule has 3 aromatic rings. The first-order chi connectivity index (χ1) is 14.0. The van der Waals surface area contributed by atoms with E-state index in [1.165, 1.54) is 0 Å². The summed E-state index contributed by atoms with van der Waals surface area (Å²) in [6.45, 7) is 5.03. The number of carboxylic acid groups (broad SMARTS) is 1. The van der Waals surface area contributed by atoms with Crippen LogP contribution < -0.4 is 0 Å². The Hall–Kier alpha value is -3.22. The van der Waals surface area contributed by atoms with Crippen molar-refractivity contribution in [1.29, 1.82) is 0 Å². The number of nitrogens with zero attached hydrogens (tertiary/aromatic N) is 4. The molecule has 1 saturated carbocycles. The van der Waals surface area contributed by atoms with Crippen LogP contribution in [0.15, 0.2) is 36.8 Å². The summed E-state index contributed by atoms with van der Waals surface area (Å²) in [5.41, 5.74) is 4.03. The first-order valence-electron chi connectivity index (χ1n) is 9.89. The number of carboxylic acids is 1.